The highest BCUT2D eigenvalue weighted by atomic mass is 32.1. The minimum Gasteiger partial charge on any atom is -0.488 e. The molecule has 0 spiro atoms. The maximum atomic E-state index is 11.6. The first-order valence-corrected chi connectivity index (χ1v) is 15.1. The normalized spacial score (nSPS) is 24.0. The third-order valence-corrected chi connectivity index (χ3v) is 9.52. The van der Waals surface area contributed by atoms with Gasteiger partial charge in [0.1, 0.15) is 18.6 Å². The predicted octanol–water partition coefficient (Wildman–Crippen LogP) is 4.95. The molecular weight excluding hydrogens is 534 g/mol. The molecule has 0 N–H and O–H groups in total. The van der Waals surface area contributed by atoms with E-state index >= 15 is 0 Å². The molecule has 6 rings (SSSR count). The van der Waals surface area contributed by atoms with Crippen molar-refractivity contribution in [2.75, 3.05) is 37.7 Å². The smallest absolute Gasteiger partial charge is 0.185 e. The molecule has 1 aliphatic carbocycles. The molecule has 3 aromatic rings. The zero-order chi connectivity index (χ0) is 28.3. The van der Waals surface area contributed by atoms with Crippen LogP contribution in [0, 0.1) is 47.3 Å². The summed E-state index contributed by atoms with van der Waals surface area (Å²) in [5.41, 5.74) is 5.38. The highest BCUT2D eigenvalue weighted by molar-refractivity contribution is 7.14. The summed E-state index contributed by atoms with van der Waals surface area (Å²) < 4.78 is 11.8. The number of nitriles is 2. The Hall–Kier alpha value is -3.76. The van der Waals surface area contributed by atoms with Crippen LogP contribution in [0.15, 0.2) is 41.8 Å². The average Bonchev–Trinajstić information content (AvgIpc) is 3.58. The van der Waals surface area contributed by atoms with E-state index in [9.17, 15) is 15.3 Å². The summed E-state index contributed by atoms with van der Waals surface area (Å²) in [6, 6.07) is 16.5. The van der Waals surface area contributed by atoms with Crippen molar-refractivity contribution in [3.63, 3.8) is 0 Å². The summed E-state index contributed by atoms with van der Waals surface area (Å²) in [6.07, 6.45) is 3.01. The van der Waals surface area contributed by atoms with Gasteiger partial charge in [0, 0.05) is 55.1 Å². The van der Waals surface area contributed by atoms with Gasteiger partial charge in [-0.3, -0.25) is 4.90 Å². The Kier molecular flexibility index (Phi) is 8.02. The zero-order valence-electron chi connectivity index (χ0n) is 23.2. The minimum absolute atomic E-state index is 0.199. The van der Waals surface area contributed by atoms with Gasteiger partial charge in [-0.25, -0.2) is 4.98 Å². The molecule has 2 bridgehead atoms. The molecule has 3 fully saturated rings. The van der Waals surface area contributed by atoms with Gasteiger partial charge in [-0.2, -0.15) is 10.5 Å². The van der Waals surface area contributed by atoms with E-state index in [4.69, 9.17) is 14.5 Å². The topological polar surface area (TPSA) is 102 Å². The molecule has 9 heteroatoms. The molecule has 8 nitrogen and oxygen atoms in total. The van der Waals surface area contributed by atoms with Crippen LogP contribution in [0.5, 0.6) is 5.75 Å². The Morgan fingerprint density at radius 2 is 1.98 bits per heavy atom. The number of aromatic nitrogens is 1. The minimum atomic E-state index is -0.408. The summed E-state index contributed by atoms with van der Waals surface area (Å²) in [4.78, 5) is 21.1. The number of piperidine rings is 1. The summed E-state index contributed by atoms with van der Waals surface area (Å²) >= 11 is 1.64. The fraction of sp³-hybridized carbons (Fsp3) is 0.438. The van der Waals surface area contributed by atoms with Crippen LogP contribution in [0.25, 0.3) is 11.3 Å². The van der Waals surface area contributed by atoms with E-state index in [1.165, 1.54) is 6.29 Å². The van der Waals surface area contributed by atoms with Crippen LogP contribution in [0.1, 0.15) is 35.1 Å². The highest BCUT2D eigenvalue weighted by Gasteiger charge is 2.42. The van der Waals surface area contributed by atoms with Crippen LogP contribution in [-0.2, 0) is 22.7 Å². The summed E-state index contributed by atoms with van der Waals surface area (Å²) in [7, 11) is 0. The van der Waals surface area contributed by atoms with Gasteiger partial charge in [0.05, 0.1) is 30.0 Å². The number of anilines is 1. The van der Waals surface area contributed by atoms with E-state index in [2.05, 4.69) is 40.3 Å². The lowest BCUT2D eigenvalue weighted by Gasteiger charge is -2.35. The van der Waals surface area contributed by atoms with E-state index in [1.54, 1.807) is 11.3 Å². The van der Waals surface area contributed by atoms with Crippen molar-refractivity contribution in [2.24, 2.45) is 17.8 Å². The molecule has 1 saturated carbocycles. The number of carbonyl (C=O) groups is 1. The zero-order valence-corrected chi connectivity index (χ0v) is 24.0. The number of aryl methyl sites for hydroxylation is 1. The largest absolute Gasteiger partial charge is 0.488 e. The number of hydrogen-bond acceptors (Lipinski definition) is 9. The molecule has 210 valence electrons. The van der Waals surface area contributed by atoms with E-state index in [-0.39, 0.29) is 12.5 Å². The van der Waals surface area contributed by atoms with Gasteiger partial charge in [-0.05, 0) is 55.4 Å². The van der Waals surface area contributed by atoms with Gasteiger partial charge in [-0.15, -0.1) is 11.3 Å². The van der Waals surface area contributed by atoms with Crippen molar-refractivity contribution in [2.45, 2.75) is 39.0 Å². The Morgan fingerprint density at radius 1 is 1.15 bits per heavy atom. The molecule has 2 aliphatic heterocycles. The monoisotopic (exact) mass is 567 g/mol. The number of aldehydes is 1. The van der Waals surface area contributed by atoms with E-state index in [1.807, 2.05) is 30.3 Å². The molecule has 3 heterocycles. The van der Waals surface area contributed by atoms with E-state index in [0.717, 1.165) is 71.3 Å². The van der Waals surface area contributed by atoms with Crippen molar-refractivity contribution in [3.05, 3.63) is 64.0 Å². The van der Waals surface area contributed by atoms with Crippen molar-refractivity contribution in [1.82, 2.24) is 9.88 Å². The van der Waals surface area contributed by atoms with Gasteiger partial charge >= 0.3 is 0 Å². The molecule has 1 unspecified atom stereocenters. The molecule has 3 aliphatic rings. The van der Waals surface area contributed by atoms with Crippen molar-refractivity contribution in [1.29, 1.82) is 10.5 Å². The van der Waals surface area contributed by atoms with E-state index in [0.29, 0.717) is 37.1 Å². The van der Waals surface area contributed by atoms with Crippen LogP contribution in [-0.4, -0.2) is 55.1 Å². The van der Waals surface area contributed by atoms with Crippen LogP contribution in [0.4, 0.5) is 5.13 Å². The van der Waals surface area contributed by atoms with Gasteiger partial charge in [-0.1, -0.05) is 23.8 Å². The predicted molar refractivity (Wildman–Crippen MR) is 156 cm³/mol. The number of nitrogens with zero attached hydrogens (tertiary/aromatic N) is 5. The number of morpholine rings is 1. The standard InChI is InChI=1S/C32H33N5O3S/c1-21-2-7-31(28(10-21)30-20-41-32(35-30)37-15-23-5-6-24(16-37)29(23)18-38)40-19-25-4-3-22(11-26(25)12-33)14-36-8-9-39-27(13-34)17-36/h2-4,7,10-11,18,20,23-24,27,29H,5-6,8-9,14-17,19H2,1H3/t23-,24+,27?,29+. The van der Waals surface area contributed by atoms with Crippen LogP contribution < -0.4 is 9.64 Å². The fourth-order valence-electron chi connectivity index (χ4n) is 6.44. The van der Waals surface area contributed by atoms with Gasteiger partial charge < -0.3 is 19.2 Å². The number of carbonyl (C=O) groups excluding carboxylic acids is 1. The second kappa shape index (κ2) is 12.0. The fourth-order valence-corrected chi connectivity index (χ4v) is 7.28. The molecule has 2 aromatic carbocycles. The molecular formula is C32H33N5O3S. The SMILES string of the molecule is Cc1ccc(OCc2ccc(CN3CCOC(C#N)C3)cc2C#N)c(-c2csc(N3C[C@H]4CC[C@@H](C3)[C@H]4C=O)n2)c1. The highest BCUT2D eigenvalue weighted by Crippen LogP contribution is 2.43. The van der Waals surface area contributed by atoms with Crippen LogP contribution in [0.3, 0.4) is 0 Å². The lowest BCUT2D eigenvalue weighted by atomic mass is 9.87. The third kappa shape index (κ3) is 5.85. The number of thiazole rings is 1. The Balaban J connectivity index is 1.16. The quantitative estimate of drug-likeness (QED) is 0.352. The van der Waals surface area contributed by atoms with E-state index < -0.39 is 6.10 Å². The van der Waals surface area contributed by atoms with Gasteiger partial charge in [0.2, 0.25) is 0 Å². The maximum absolute atomic E-state index is 11.6. The van der Waals surface area contributed by atoms with Crippen LogP contribution >= 0.6 is 11.3 Å². The average molecular weight is 568 g/mol. The molecule has 0 radical (unpaired) electrons. The number of fused-ring (bicyclic) bond motifs is 2. The summed E-state index contributed by atoms with van der Waals surface area (Å²) in [5.74, 6) is 1.79. The lowest BCUT2D eigenvalue weighted by Crippen LogP contribution is -2.42. The Bertz CT molecular complexity index is 1490. The second-order valence-corrected chi connectivity index (χ2v) is 12.2. The molecule has 0 amide bonds. The maximum Gasteiger partial charge on any atom is 0.185 e. The molecule has 2 saturated heterocycles. The van der Waals surface area contributed by atoms with Gasteiger partial charge in [0.25, 0.3) is 0 Å². The lowest BCUT2D eigenvalue weighted by molar-refractivity contribution is -0.113. The third-order valence-electron chi connectivity index (χ3n) is 8.62. The van der Waals surface area contributed by atoms with Crippen molar-refractivity contribution >= 4 is 22.8 Å². The number of hydrogen-bond donors (Lipinski definition) is 0. The van der Waals surface area contributed by atoms with Gasteiger partial charge in [0.15, 0.2) is 11.2 Å². The molecule has 1 aromatic heterocycles. The first kappa shape index (κ1) is 27.4. The van der Waals surface area contributed by atoms with Crippen molar-refractivity contribution < 1.29 is 14.3 Å². The molecule has 41 heavy (non-hydrogen) atoms. The summed E-state index contributed by atoms with van der Waals surface area (Å²) in [6.45, 7) is 6.64. The van der Waals surface area contributed by atoms with Crippen LogP contribution in [0.2, 0.25) is 0 Å². The number of benzene rings is 2. The molecule has 4 atom stereocenters. The van der Waals surface area contributed by atoms with Crippen molar-refractivity contribution in [3.8, 4) is 29.1 Å². The first-order chi connectivity index (χ1) is 20.0. The number of rotatable bonds is 8. The first-order valence-electron chi connectivity index (χ1n) is 14.2. The Morgan fingerprint density at radius 3 is 2.73 bits per heavy atom. The Labute approximate surface area is 244 Å². The number of ether oxygens (including phenoxy) is 2. The summed E-state index contributed by atoms with van der Waals surface area (Å²) in [5, 5.41) is 22.1. The second-order valence-electron chi connectivity index (χ2n) is 11.3.